The van der Waals surface area contributed by atoms with E-state index < -0.39 is 6.04 Å². The fourth-order valence-electron chi connectivity index (χ4n) is 4.06. The van der Waals surface area contributed by atoms with Crippen LogP contribution in [0.4, 0.5) is 14.9 Å². The molecule has 1 aromatic heterocycles. The number of nitrogens with zero attached hydrogens (tertiary/aromatic N) is 3. The van der Waals surface area contributed by atoms with Gasteiger partial charge in [0.25, 0.3) is 5.89 Å². The molecular weight excluding hydrogens is 455 g/mol. The largest absolute Gasteiger partial charge is 0.334 e. The molecule has 0 radical (unpaired) electrons. The van der Waals surface area contributed by atoms with E-state index in [1.54, 1.807) is 31.2 Å². The summed E-state index contributed by atoms with van der Waals surface area (Å²) < 4.78 is 19.2. The summed E-state index contributed by atoms with van der Waals surface area (Å²) in [5.74, 6) is 0.335. The minimum Gasteiger partial charge on any atom is -0.334 e. The molecule has 1 atom stereocenters. The molecule has 2 heterocycles. The Bertz CT molecular complexity index is 1400. The van der Waals surface area contributed by atoms with Crippen molar-refractivity contribution in [2.24, 2.45) is 0 Å². The summed E-state index contributed by atoms with van der Waals surface area (Å²) in [6, 6.07) is 19.8. The van der Waals surface area contributed by atoms with Crippen molar-refractivity contribution in [3.05, 3.63) is 106 Å². The quantitative estimate of drug-likeness (QED) is 0.364. The number of aryl methyl sites for hydroxylation is 1. The predicted octanol–water partition coefficient (Wildman–Crippen LogP) is 6.54. The van der Waals surface area contributed by atoms with Crippen LogP contribution in [0.3, 0.4) is 0 Å². The van der Waals surface area contributed by atoms with Crippen molar-refractivity contribution < 1.29 is 13.7 Å². The predicted molar refractivity (Wildman–Crippen MR) is 129 cm³/mol. The summed E-state index contributed by atoms with van der Waals surface area (Å²) in [5.41, 5.74) is 4.45. The first-order chi connectivity index (χ1) is 16.4. The molecule has 0 saturated heterocycles. The number of aromatic nitrogens is 2. The normalized spacial score (nSPS) is 16.1. The maximum Gasteiger partial charge on any atom is 0.326 e. The van der Waals surface area contributed by atoms with E-state index in [9.17, 15) is 9.18 Å². The highest BCUT2D eigenvalue weighted by molar-refractivity contribution is 6.30. The number of carbonyl (C=O) groups excluding carboxylic acids is 1. The lowest BCUT2D eigenvalue weighted by molar-refractivity contribution is 0.244. The van der Waals surface area contributed by atoms with Crippen molar-refractivity contribution in [1.29, 1.82) is 0 Å². The smallest absolute Gasteiger partial charge is 0.326 e. The Labute approximate surface area is 200 Å². The van der Waals surface area contributed by atoms with Gasteiger partial charge in [-0.15, -0.1) is 0 Å². The Balaban J connectivity index is 1.65. The zero-order valence-electron chi connectivity index (χ0n) is 18.4. The molecule has 2 amide bonds. The van der Waals surface area contributed by atoms with Gasteiger partial charge in [0, 0.05) is 16.3 Å². The molecule has 0 fully saturated rings. The van der Waals surface area contributed by atoms with Crippen molar-refractivity contribution >= 4 is 28.9 Å². The molecule has 6 nitrogen and oxygen atoms in total. The van der Waals surface area contributed by atoms with Gasteiger partial charge in [0.1, 0.15) is 5.82 Å². The van der Waals surface area contributed by atoms with E-state index in [0.717, 1.165) is 16.7 Å². The highest BCUT2D eigenvalue weighted by atomic mass is 35.5. The topological polar surface area (TPSA) is 71.3 Å². The van der Waals surface area contributed by atoms with Crippen LogP contribution in [0.15, 0.2) is 83.0 Å². The lowest BCUT2D eigenvalue weighted by Crippen LogP contribution is -2.46. The first-order valence-electron chi connectivity index (χ1n) is 10.6. The van der Waals surface area contributed by atoms with Gasteiger partial charge in [-0.25, -0.2) is 9.18 Å². The van der Waals surface area contributed by atoms with Crippen LogP contribution >= 0.6 is 11.6 Å². The SMILES string of the molecule is CC1=C(c2nc(-c3cccc(C)c3)no2)C(c2ccc(Cl)cc2)NC(=O)N1c1ccc(F)cc1. The number of carbonyl (C=O) groups is 1. The molecule has 1 unspecified atom stereocenters. The summed E-state index contributed by atoms with van der Waals surface area (Å²) in [7, 11) is 0. The highest BCUT2D eigenvalue weighted by Gasteiger charge is 2.36. The van der Waals surface area contributed by atoms with E-state index in [2.05, 4.69) is 15.5 Å². The Hall–Kier alpha value is -3.97. The number of urea groups is 1. The molecule has 170 valence electrons. The molecule has 4 aromatic rings. The van der Waals surface area contributed by atoms with Gasteiger partial charge in [-0.2, -0.15) is 4.98 Å². The number of amides is 2. The van der Waals surface area contributed by atoms with Crippen molar-refractivity contribution in [1.82, 2.24) is 15.5 Å². The van der Waals surface area contributed by atoms with E-state index in [4.69, 9.17) is 16.1 Å². The van der Waals surface area contributed by atoms with Crippen LogP contribution < -0.4 is 10.2 Å². The molecule has 0 spiro atoms. The Morgan fingerprint density at radius 1 is 1.03 bits per heavy atom. The Kier molecular flexibility index (Phi) is 5.63. The second kappa shape index (κ2) is 8.76. The number of rotatable bonds is 4. The van der Waals surface area contributed by atoms with Crippen LogP contribution in [-0.2, 0) is 0 Å². The van der Waals surface area contributed by atoms with Gasteiger partial charge >= 0.3 is 6.03 Å². The standard InChI is InChI=1S/C26H20ClFN4O2/c1-15-4-3-5-18(14-15)24-30-25(34-31-24)22-16(2)32(21-12-10-20(28)11-13-21)26(33)29-23(22)17-6-8-19(27)9-7-17/h3-14,23H,1-2H3,(H,29,33). The molecule has 5 rings (SSSR count). The fourth-order valence-corrected chi connectivity index (χ4v) is 4.19. The molecular formula is C26H20ClFN4O2. The monoisotopic (exact) mass is 474 g/mol. The Morgan fingerprint density at radius 2 is 1.76 bits per heavy atom. The first kappa shape index (κ1) is 21.9. The number of allylic oxidation sites excluding steroid dienone is 1. The van der Waals surface area contributed by atoms with Gasteiger partial charge in [0.2, 0.25) is 5.82 Å². The number of halogens is 2. The van der Waals surface area contributed by atoms with Crippen LogP contribution in [0.2, 0.25) is 5.02 Å². The molecule has 1 aliphatic rings. The summed E-state index contributed by atoms with van der Waals surface area (Å²) in [6.45, 7) is 3.79. The lowest BCUT2D eigenvalue weighted by atomic mass is 9.94. The minimum atomic E-state index is -0.549. The van der Waals surface area contributed by atoms with Gasteiger partial charge in [0.15, 0.2) is 0 Å². The Morgan fingerprint density at radius 3 is 2.47 bits per heavy atom. The maximum atomic E-state index is 13.5. The third-order valence-electron chi connectivity index (χ3n) is 5.71. The molecule has 1 N–H and O–H groups in total. The van der Waals surface area contributed by atoms with Gasteiger partial charge in [-0.05, 0) is 61.9 Å². The second-order valence-corrected chi connectivity index (χ2v) is 8.47. The maximum absolute atomic E-state index is 13.5. The molecule has 0 saturated carbocycles. The van der Waals surface area contributed by atoms with Crippen LogP contribution in [0.5, 0.6) is 0 Å². The number of benzene rings is 3. The fraction of sp³-hybridized carbons (Fsp3) is 0.115. The molecule has 0 aliphatic carbocycles. The van der Waals surface area contributed by atoms with E-state index in [1.165, 1.54) is 17.0 Å². The van der Waals surface area contributed by atoms with Gasteiger partial charge in [-0.3, -0.25) is 4.90 Å². The van der Waals surface area contributed by atoms with E-state index in [-0.39, 0.29) is 17.7 Å². The third kappa shape index (κ3) is 4.06. The molecule has 0 bridgehead atoms. The summed E-state index contributed by atoms with van der Waals surface area (Å²) in [6.07, 6.45) is 0. The third-order valence-corrected chi connectivity index (χ3v) is 5.96. The first-order valence-corrected chi connectivity index (χ1v) is 11.0. The van der Waals surface area contributed by atoms with Crippen LogP contribution in [0.25, 0.3) is 17.0 Å². The highest BCUT2D eigenvalue weighted by Crippen LogP contribution is 2.39. The van der Waals surface area contributed by atoms with Crippen molar-refractivity contribution in [3.8, 4) is 11.4 Å². The van der Waals surface area contributed by atoms with Gasteiger partial charge < -0.3 is 9.84 Å². The number of nitrogens with one attached hydrogen (secondary N) is 1. The van der Waals surface area contributed by atoms with Crippen molar-refractivity contribution in [2.75, 3.05) is 4.90 Å². The number of anilines is 1. The average molecular weight is 475 g/mol. The molecule has 3 aromatic carbocycles. The van der Waals surface area contributed by atoms with Crippen molar-refractivity contribution in [2.45, 2.75) is 19.9 Å². The van der Waals surface area contributed by atoms with E-state index >= 15 is 0 Å². The number of hydrogen-bond donors (Lipinski definition) is 1. The minimum absolute atomic E-state index is 0.279. The van der Waals surface area contributed by atoms with Crippen LogP contribution in [0, 0.1) is 12.7 Å². The van der Waals surface area contributed by atoms with E-state index in [1.807, 2.05) is 43.3 Å². The summed E-state index contributed by atoms with van der Waals surface area (Å²) >= 11 is 6.08. The molecule has 8 heteroatoms. The molecule has 1 aliphatic heterocycles. The number of hydrogen-bond acceptors (Lipinski definition) is 4. The van der Waals surface area contributed by atoms with Gasteiger partial charge in [-0.1, -0.05) is 52.7 Å². The van der Waals surface area contributed by atoms with Crippen LogP contribution in [0.1, 0.15) is 30.0 Å². The molecule has 34 heavy (non-hydrogen) atoms. The zero-order chi connectivity index (χ0) is 23.8. The summed E-state index contributed by atoms with van der Waals surface area (Å²) in [4.78, 5) is 19.3. The summed E-state index contributed by atoms with van der Waals surface area (Å²) in [5, 5.41) is 7.79. The van der Waals surface area contributed by atoms with Crippen molar-refractivity contribution in [3.63, 3.8) is 0 Å². The average Bonchev–Trinajstić information content (AvgIpc) is 3.30. The van der Waals surface area contributed by atoms with Gasteiger partial charge in [0.05, 0.1) is 17.3 Å². The van der Waals surface area contributed by atoms with E-state index in [0.29, 0.717) is 27.8 Å². The van der Waals surface area contributed by atoms with Crippen LogP contribution in [-0.4, -0.2) is 16.2 Å². The lowest BCUT2D eigenvalue weighted by Gasteiger charge is -2.35. The zero-order valence-corrected chi connectivity index (χ0v) is 19.2. The second-order valence-electron chi connectivity index (χ2n) is 8.04.